The second-order valence-corrected chi connectivity index (χ2v) is 6.62. The van der Waals surface area contributed by atoms with Crippen LogP contribution >= 0.6 is 0 Å². The molecule has 1 saturated carbocycles. The third-order valence-electron chi connectivity index (χ3n) is 4.88. The summed E-state index contributed by atoms with van der Waals surface area (Å²) in [5.74, 6) is 0.419. The lowest BCUT2D eigenvalue weighted by molar-refractivity contribution is -0.123. The zero-order valence-electron chi connectivity index (χ0n) is 14.1. The lowest BCUT2D eigenvalue weighted by atomic mass is 9.82. The second kappa shape index (κ2) is 7.59. The van der Waals surface area contributed by atoms with E-state index in [1.807, 2.05) is 0 Å². The van der Waals surface area contributed by atoms with Crippen LogP contribution in [0.25, 0.3) is 5.52 Å². The van der Waals surface area contributed by atoms with Gasteiger partial charge >= 0.3 is 0 Å². The van der Waals surface area contributed by atoms with Crippen molar-refractivity contribution in [2.24, 2.45) is 5.92 Å². The Morgan fingerprint density at radius 2 is 2.12 bits per heavy atom. The molecule has 1 atom stereocenters. The van der Waals surface area contributed by atoms with Crippen molar-refractivity contribution in [2.45, 2.75) is 64.5 Å². The Labute approximate surface area is 141 Å². The molecule has 0 saturated heterocycles. The molecule has 0 radical (unpaired) electrons. The minimum atomic E-state index is -0.296. The predicted octanol–water partition coefficient (Wildman–Crippen LogP) is 1.76. The summed E-state index contributed by atoms with van der Waals surface area (Å²) in [5, 5.41) is 11.1. The van der Waals surface area contributed by atoms with E-state index in [9.17, 15) is 9.59 Å². The molecular formula is C17H25N5O2. The molecule has 1 amide bonds. The van der Waals surface area contributed by atoms with Crippen LogP contribution < -0.4 is 10.9 Å². The predicted molar refractivity (Wildman–Crippen MR) is 90.7 cm³/mol. The molecule has 0 spiro atoms. The highest BCUT2D eigenvalue weighted by atomic mass is 16.2. The molecular weight excluding hydrogens is 306 g/mol. The van der Waals surface area contributed by atoms with Crippen molar-refractivity contribution in [1.82, 2.24) is 24.7 Å². The Kier molecular flexibility index (Phi) is 5.27. The first-order valence-electron chi connectivity index (χ1n) is 8.88. The number of amides is 1. The van der Waals surface area contributed by atoms with Crippen LogP contribution in [0.1, 0.15) is 51.9 Å². The van der Waals surface area contributed by atoms with Gasteiger partial charge in [-0.05, 0) is 31.2 Å². The molecule has 0 bridgehead atoms. The topological polar surface area (TPSA) is 81.3 Å². The van der Waals surface area contributed by atoms with Crippen molar-refractivity contribution in [1.29, 1.82) is 0 Å². The maximum atomic E-state index is 12.4. The molecule has 0 aliphatic heterocycles. The molecule has 1 aliphatic rings. The highest BCUT2D eigenvalue weighted by Gasteiger charge is 2.24. The Morgan fingerprint density at radius 1 is 1.33 bits per heavy atom. The lowest BCUT2D eigenvalue weighted by Gasteiger charge is -2.30. The molecule has 7 heteroatoms. The van der Waals surface area contributed by atoms with E-state index >= 15 is 0 Å². The fourth-order valence-electron chi connectivity index (χ4n) is 3.65. The first-order valence-corrected chi connectivity index (χ1v) is 8.88. The van der Waals surface area contributed by atoms with Gasteiger partial charge in [0, 0.05) is 6.04 Å². The van der Waals surface area contributed by atoms with E-state index in [2.05, 4.69) is 22.4 Å². The molecule has 24 heavy (non-hydrogen) atoms. The van der Waals surface area contributed by atoms with E-state index in [4.69, 9.17) is 0 Å². The summed E-state index contributed by atoms with van der Waals surface area (Å²) in [6.07, 6.45) is 11.2. The van der Waals surface area contributed by atoms with Crippen LogP contribution in [0.3, 0.4) is 0 Å². The summed E-state index contributed by atoms with van der Waals surface area (Å²) in [6.45, 7) is 2.09. The van der Waals surface area contributed by atoms with Crippen LogP contribution in [0.5, 0.6) is 0 Å². The Balaban J connectivity index is 1.68. The maximum Gasteiger partial charge on any atom is 0.293 e. The zero-order valence-corrected chi connectivity index (χ0v) is 14.1. The van der Waals surface area contributed by atoms with Gasteiger partial charge in [0.15, 0.2) is 0 Å². The van der Waals surface area contributed by atoms with Gasteiger partial charge in [-0.3, -0.25) is 9.59 Å². The van der Waals surface area contributed by atoms with Crippen molar-refractivity contribution in [3.63, 3.8) is 0 Å². The first kappa shape index (κ1) is 16.7. The lowest BCUT2D eigenvalue weighted by Crippen LogP contribution is -2.44. The number of carbonyl (C=O) groups excluding carboxylic acids is 1. The quantitative estimate of drug-likeness (QED) is 0.874. The largest absolute Gasteiger partial charge is 0.351 e. The molecule has 1 fully saturated rings. The summed E-state index contributed by atoms with van der Waals surface area (Å²) in [7, 11) is 0. The van der Waals surface area contributed by atoms with Gasteiger partial charge in [0.1, 0.15) is 18.4 Å². The molecule has 2 aromatic rings. The van der Waals surface area contributed by atoms with Gasteiger partial charge in [-0.2, -0.15) is 10.2 Å². The van der Waals surface area contributed by atoms with Crippen LogP contribution in [-0.4, -0.2) is 31.3 Å². The first-order chi connectivity index (χ1) is 11.7. The number of nitrogens with zero attached hydrogens (tertiary/aromatic N) is 4. The smallest absolute Gasteiger partial charge is 0.293 e. The van der Waals surface area contributed by atoms with Crippen molar-refractivity contribution in [2.75, 3.05) is 0 Å². The van der Waals surface area contributed by atoms with Crippen molar-refractivity contribution in [3.05, 3.63) is 28.9 Å². The average Bonchev–Trinajstić information content (AvgIpc) is 3.07. The summed E-state index contributed by atoms with van der Waals surface area (Å²) < 4.78 is 2.62. The molecule has 130 valence electrons. The Morgan fingerprint density at radius 3 is 2.88 bits per heavy atom. The number of rotatable bonds is 6. The van der Waals surface area contributed by atoms with E-state index < -0.39 is 0 Å². The van der Waals surface area contributed by atoms with Gasteiger partial charge in [-0.15, -0.1) is 0 Å². The van der Waals surface area contributed by atoms with Gasteiger partial charge in [0.05, 0.1) is 6.20 Å². The van der Waals surface area contributed by atoms with Crippen molar-refractivity contribution in [3.8, 4) is 0 Å². The average molecular weight is 331 g/mol. The molecule has 2 aromatic heterocycles. The summed E-state index contributed by atoms with van der Waals surface area (Å²) >= 11 is 0. The molecule has 1 N–H and O–H groups in total. The highest BCUT2D eigenvalue weighted by molar-refractivity contribution is 5.76. The van der Waals surface area contributed by atoms with Gasteiger partial charge in [-0.1, -0.05) is 32.6 Å². The monoisotopic (exact) mass is 331 g/mol. The third kappa shape index (κ3) is 3.66. The maximum absolute atomic E-state index is 12.4. The SMILES string of the molecule is CCCC(NC(=O)Cn1ncn2nccc2c1=O)C1CCCCC1. The molecule has 2 heterocycles. The number of aromatic nitrogens is 4. The standard InChI is InChI=1S/C17H25N5O2/c1-2-6-14(13-7-4-3-5-8-13)20-16(23)11-21-17(24)15-9-10-18-22(15)12-19-21/h9-10,12-14H,2-8,11H2,1H3,(H,20,23). The van der Waals surface area contributed by atoms with E-state index in [0.29, 0.717) is 11.4 Å². The summed E-state index contributed by atoms with van der Waals surface area (Å²) in [4.78, 5) is 24.7. The number of fused-ring (bicyclic) bond motifs is 1. The van der Waals surface area contributed by atoms with Crippen LogP contribution in [0.4, 0.5) is 0 Å². The Bertz CT molecular complexity index is 745. The summed E-state index contributed by atoms with van der Waals surface area (Å²) in [5.41, 5.74) is 0.130. The number of carbonyl (C=O) groups is 1. The zero-order chi connectivity index (χ0) is 16.9. The molecule has 1 unspecified atom stereocenters. The van der Waals surface area contributed by atoms with Crippen molar-refractivity contribution < 1.29 is 4.79 Å². The van der Waals surface area contributed by atoms with Gasteiger partial charge in [-0.25, -0.2) is 9.20 Å². The van der Waals surface area contributed by atoms with Gasteiger partial charge in [0.25, 0.3) is 5.56 Å². The fraction of sp³-hybridized carbons (Fsp3) is 0.647. The molecule has 1 aliphatic carbocycles. The minimum absolute atomic E-state index is 0.0482. The molecule has 3 rings (SSSR count). The minimum Gasteiger partial charge on any atom is -0.351 e. The van der Waals surface area contributed by atoms with Crippen molar-refractivity contribution >= 4 is 11.4 Å². The number of hydrogen-bond donors (Lipinski definition) is 1. The summed E-state index contributed by atoms with van der Waals surface area (Å²) in [6, 6.07) is 1.83. The molecule has 7 nitrogen and oxygen atoms in total. The van der Waals surface area contributed by atoms with Gasteiger partial charge < -0.3 is 5.32 Å². The normalized spacial score (nSPS) is 17.0. The van der Waals surface area contributed by atoms with Gasteiger partial charge in [0.2, 0.25) is 5.91 Å². The van der Waals surface area contributed by atoms with Crippen LogP contribution in [-0.2, 0) is 11.3 Å². The Hall–Kier alpha value is -2.18. The molecule has 0 aromatic carbocycles. The van der Waals surface area contributed by atoms with Crippen LogP contribution in [0.2, 0.25) is 0 Å². The number of nitrogens with one attached hydrogen (secondary N) is 1. The fourth-order valence-corrected chi connectivity index (χ4v) is 3.65. The third-order valence-corrected chi connectivity index (χ3v) is 4.88. The van der Waals surface area contributed by atoms with Crippen LogP contribution in [0.15, 0.2) is 23.4 Å². The second-order valence-electron chi connectivity index (χ2n) is 6.62. The van der Waals surface area contributed by atoms with E-state index in [0.717, 1.165) is 12.8 Å². The highest BCUT2D eigenvalue weighted by Crippen LogP contribution is 2.28. The van der Waals surface area contributed by atoms with E-state index in [1.165, 1.54) is 47.6 Å². The van der Waals surface area contributed by atoms with E-state index in [-0.39, 0.29) is 24.1 Å². The van der Waals surface area contributed by atoms with Crippen LogP contribution in [0, 0.1) is 5.92 Å². The number of hydrogen-bond acceptors (Lipinski definition) is 4. The van der Waals surface area contributed by atoms with E-state index in [1.54, 1.807) is 12.3 Å².